The molecule has 26 heavy (non-hydrogen) atoms. The van der Waals surface area contributed by atoms with Gasteiger partial charge in [0.05, 0.1) is 28.5 Å². The average molecular weight is 471 g/mol. The highest BCUT2D eigenvalue weighted by atomic mass is 127. The van der Waals surface area contributed by atoms with Gasteiger partial charge in [-0.1, -0.05) is 35.9 Å². The predicted molar refractivity (Wildman–Crippen MR) is 111 cm³/mol. The van der Waals surface area contributed by atoms with Crippen molar-refractivity contribution in [3.8, 4) is 5.69 Å². The lowest BCUT2D eigenvalue weighted by Crippen LogP contribution is -2.39. The van der Waals surface area contributed by atoms with Crippen LogP contribution in [0.4, 0.5) is 5.82 Å². The Morgan fingerprint density at radius 2 is 2.08 bits per heavy atom. The molecule has 1 atom stereocenters. The van der Waals surface area contributed by atoms with Crippen LogP contribution in [-0.2, 0) is 11.3 Å². The molecule has 8 heteroatoms. The minimum Gasteiger partial charge on any atom is -0.384 e. The summed E-state index contributed by atoms with van der Waals surface area (Å²) >= 11 is 2.40. The number of anilines is 1. The third-order valence-corrected chi connectivity index (χ3v) is 5.85. The summed E-state index contributed by atoms with van der Waals surface area (Å²) in [7, 11) is 0. The number of alkyl halides is 1. The fourth-order valence-electron chi connectivity index (χ4n) is 3.07. The van der Waals surface area contributed by atoms with E-state index in [0.29, 0.717) is 16.3 Å². The number of hydrogen-bond acceptors (Lipinski definition) is 5. The van der Waals surface area contributed by atoms with Crippen LogP contribution in [0, 0.1) is 0 Å². The maximum Gasteiger partial charge on any atom is 0.250 e. The van der Waals surface area contributed by atoms with E-state index < -0.39 is 0 Å². The summed E-state index contributed by atoms with van der Waals surface area (Å²) in [6.45, 7) is 6.99. The smallest absolute Gasteiger partial charge is 0.250 e. The molecule has 0 spiro atoms. The van der Waals surface area contributed by atoms with Crippen molar-refractivity contribution in [2.24, 2.45) is 0 Å². The Morgan fingerprint density at radius 1 is 1.31 bits per heavy atom. The molecule has 2 aromatic rings. The Labute approximate surface area is 167 Å². The fraction of sp³-hybridized carbons (Fsp3) is 0.556. The Hall–Kier alpha value is -1.39. The first-order valence-corrected chi connectivity index (χ1v) is 10.3. The van der Waals surface area contributed by atoms with E-state index in [4.69, 9.17) is 10.5 Å². The van der Waals surface area contributed by atoms with Gasteiger partial charge >= 0.3 is 0 Å². The lowest BCUT2D eigenvalue weighted by Gasteiger charge is -2.26. The number of aromatic nitrogens is 3. The molecule has 0 aromatic carbocycles. The highest BCUT2D eigenvalue weighted by Crippen LogP contribution is 2.29. The van der Waals surface area contributed by atoms with E-state index in [0.717, 1.165) is 57.1 Å². The van der Waals surface area contributed by atoms with E-state index in [1.807, 2.05) is 12.3 Å². The van der Waals surface area contributed by atoms with Crippen LogP contribution in [0.3, 0.4) is 0 Å². The van der Waals surface area contributed by atoms with E-state index in [1.165, 1.54) is 0 Å². The van der Waals surface area contributed by atoms with E-state index in [1.54, 1.807) is 21.4 Å². The van der Waals surface area contributed by atoms with Gasteiger partial charge < -0.3 is 15.0 Å². The van der Waals surface area contributed by atoms with E-state index >= 15 is 0 Å². The van der Waals surface area contributed by atoms with Crippen molar-refractivity contribution in [1.82, 2.24) is 19.2 Å². The Bertz CT molecular complexity index is 782. The molecule has 2 aromatic heterocycles. The summed E-state index contributed by atoms with van der Waals surface area (Å²) in [5, 5.41) is 4.66. The van der Waals surface area contributed by atoms with Gasteiger partial charge in [0.25, 0.3) is 5.56 Å². The standard InChI is InChI=1S/C18H26IN5O2/c1-2-3-15(19)16-12-17(20)24(21-16)14-4-5-18(25)23(13-14)7-6-22-8-10-26-11-9-22/h4-5,12-13,15H,2-3,6-11,20H2,1H3. The molecular weight excluding hydrogens is 445 g/mol. The van der Waals surface area contributed by atoms with Crippen molar-refractivity contribution in [1.29, 1.82) is 0 Å². The Morgan fingerprint density at radius 3 is 2.81 bits per heavy atom. The van der Waals surface area contributed by atoms with Gasteiger partial charge in [-0.05, 0) is 12.5 Å². The molecule has 0 aliphatic carbocycles. The van der Waals surface area contributed by atoms with Crippen molar-refractivity contribution in [2.45, 2.75) is 30.2 Å². The summed E-state index contributed by atoms with van der Waals surface area (Å²) in [5.41, 5.74) is 7.96. The lowest BCUT2D eigenvalue weighted by atomic mass is 10.2. The van der Waals surface area contributed by atoms with Crippen molar-refractivity contribution < 1.29 is 4.74 Å². The summed E-state index contributed by atoms with van der Waals surface area (Å²) in [5.74, 6) is 0.594. The molecule has 3 heterocycles. The third-order valence-electron chi connectivity index (χ3n) is 4.59. The highest BCUT2D eigenvalue weighted by molar-refractivity contribution is 14.1. The van der Waals surface area contributed by atoms with Crippen LogP contribution >= 0.6 is 22.6 Å². The van der Waals surface area contributed by atoms with Gasteiger partial charge in [-0.15, -0.1) is 0 Å². The molecular formula is C18H26IN5O2. The van der Waals surface area contributed by atoms with Crippen LogP contribution in [0.2, 0.25) is 0 Å². The zero-order valence-electron chi connectivity index (χ0n) is 15.1. The summed E-state index contributed by atoms with van der Waals surface area (Å²) in [4.78, 5) is 14.5. The van der Waals surface area contributed by atoms with Gasteiger partial charge in [-0.3, -0.25) is 9.69 Å². The van der Waals surface area contributed by atoms with Crippen LogP contribution in [-0.4, -0.2) is 52.1 Å². The number of pyridine rings is 1. The number of rotatable bonds is 7. The van der Waals surface area contributed by atoms with Crippen molar-refractivity contribution in [3.63, 3.8) is 0 Å². The zero-order valence-corrected chi connectivity index (χ0v) is 17.3. The van der Waals surface area contributed by atoms with Crippen LogP contribution in [0.1, 0.15) is 29.4 Å². The molecule has 0 radical (unpaired) electrons. The molecule has 0 bridgehead atoms. The van der Waals surface area contributed by atoms with E-state index in [-0.39, 0.29) is 5.56 Å². The van der Waals surface area contributed by atoms with Crippen LogP contribution in [0.15, 0.2) is 29.2 Å². The van der Waals surface area contributed by atoms with Gasteiger partial charge in [0.1, 0.15) is 5.82 Å². The van der Waals surface area contributed by atoms with Crippen LogP contribution in [0.25, 0.3) is 5.69 Å². The summed E-state index contributed by atoms with van der Waals surface area (Å²) < 4.78 is 9.17. The van der Waals surface area contributed by atoms with Gasteiger partial charge in [0.2, 0.25) is 0 Å². The molecule has 1 aliphatic heterocycles. The van der Waals surface area contributed by atoms with E-state index in [9.17, 15) is 4.79 Å². The first-order chi connectivity index (χ1) is 12.6. The predicted octanol–water partition coefficient (Wildman–Crippen LogP) is 2.22. The summed E-state index contributed by atoms with van der Waals surface area (Å²) in [6.07, 6.45) is 4.01. The number of hydrogen-bond donors (Lipinski definition) is 1. The van der Waals surface area contributed by atoms with Crippen LogP contribution < -0.4 is 11.3 Å². The number of halogens is 1. The van der Waals surface area contributed by atoms with Gasteiger partial charge in [-0.2, -0.15) is 5.10 Å². The molecule has 0 amide bonds. The molecule has 142 valence electrons. The number of nitrogens with zero attached hydrogens (tertiary/aromatic N) is 4. The SMILES string of the molecule is CCCC(I)c1cc(N)n(-c2ccc(=O)n(CCN3CCOCC3)c2)n1. The second-order valence-corrected chi connectivity index (χ2v) is 8.04. The largest absolute Gasteiger partial charge is 0.384 e. The number of nitrogen functional groups attached to an aromatic ring is 1. The van der Waals surface area contributed by atoms with Crippen LogP contribution in [0.5, 0.6) is 0 Å². The Balaban J connectivity index is 1.77. The maximum atomic E-state index is 12.2. The minimum atomic E-state index is -0.00860. The molecule has 7 nitrogen and oxygen atoms in total. The average Bonchev–Trinajstić information content (AvgIpc) is 3.04. The topological polar surface area (TPSA) is 78.3 Å². The van der Waals surface area contributed by atoms with Crippen molar-refractivity contribution >= 4 is 28.4 Å². The molecule has 1 unspecified atom stereocenters. The van der Waals surface area contributed by atoms with E-state index in [2.05, 4.69) is 39.5 Å². The number of nitrogens with two attached hydrogens (primary N) is 1. The molecule has 1 aliphatic rings. The van der Waals surface area contributed by atoms with Crippen molar-refractivity contribution in [3.05, 3.63) is 40.4 Å². The monoisotopic (exact) mass is 471 g/mol. The molecule has 0 saturated carbocycles. The number of morpholine rings is 1. The fourth-order valence-corrected chi connectivity index (χ4v) is 4.00. The zero-order chi connectivity index (χ0) is 18.5. The molecule has 1 fully saturated rings. The molecule has 3 rings (SSSR count). The Kier molecular flexibility index (Phi) is 6.71. The quantitative estimate of drug-likeness (QED) is 0.495. The first kappa shape index (κ1) is 19.4. The molecule has 2 N–H and O–H groups in total. The second kappa shape index (κ2) is 9.01. The maximum absolute atomic E-state index is 12.2. The lowest BCUT2D eigenvalue weighted by molar-refractivity contribution is 0.0363. The third kappa shape index (κ3) is 4.66. The van der Waals surface area contributed by atoms with Gasteiger partial charge in [0, 0.05) is 44.5 Å². The number of ether oxygens (including phenoxy) is 1. The highest BCUT2D eigenvalue weighted by Gasteiger charge is 2.15. The normalized spacial score (nSPS) is 16.7. The van der Waals surface area contributed by atoms with Gasteiger partial charge in [-0.25, -0.2) is 4.68 Å². The summed E-state index contributed by atoms with van der Waals surface area (Å²) in [6, 6.07) is 5.29. The second-order valence-electron chi connectivity index (χ2n) is 6.54. The minimum absolute atomic E-state index is 0.00860. The molecule has 1 saturated heterocycles. The van der Waals surface area contributed by atoms with Gasteiger partial charge in [0.15, 0.2) is 0 Å². The first-order valence-electron chi connectivity index (χ1n) is 9.09. The van der Waals surface area contributed by atoms with Crippen molar-refractivity contribution in [2.75, 3.05) is 38.6 Å².